The van der Waals surface area contributed by atoms with Crippen molar-refractivity contribution >= 4 is 44.3 Å². The summed E-state index contributed by atoms with van der Waals surface area (Å²) >= 11 is -1.26. The van der Waals surface area contributed by atoms with Gasteiger partial charge in [-0.05, 0) is 61.6 Å². The van der Waals surface area contributed by atoms with Crippen molar-refractivity contribution in [2.24, 2.45) is 0 Å². The van der Waals surface area contributed by atoms with Crippen LogP contribution in [-0.4, -0.2) is 48.9 Å². The molecule has 0 fully saturated rings. The fraction of sp³-hybridized carbons (Fsp3) is 0.179. The molecule has 3 aromatic heterocycles. The number of thiophene rings is 1. The number of anilines is 2. The van der Waals surface area contributed by atoms with E-state index in [0.29, 0.717) is 22.7 Å². The maximum atomic E-state index is 14.8. The lowest BCUT2D eigenvalue weighted by Crippen LogP contribution is -2.40. The van der Waals surface area contributed by atoms with Gasteiger partial charge in [-0.2, -0.15) is 0 Å². The number of nitrogens with two attached hydrogens (primary N) is 1. The fourth-order valence-corrected chi connectivity index (χ4v) is 6.14. The Hall–Kier alpha value is -4.24. The van der Waals surface area contributed by atoms with Gasteiger partial charge < -0.3 is 10.6 Å². The monoisotopic (exact) mass is 612 g/mol. The van der Waals surface area contributed by atoms with Crippen LogP contribution < -0.4 is 21.3 Å². The standard InChI is InChI=1S/C28H26F2N6O4S2/c1-33(2)14-19-24-26(37)36(23-9-5-8-22(32-23)34(3)42(39)40)28(38)35(15-18-20(29)6-4-7-21(18)30)27(24)41-25(19)16-10-12-17(31)13-11-16/h4-13H,14-15,31H2,1-3H3,(H,39,40). The second kappa shape index (κ2) is 11.6. The molecule has 42 heavy (non-hydrogen) atoms. The maximum Gasteiger partial charge on any atom is 0.338 e. The minimum Gasteiger partial charge on any atom is -0.399 e. The highest BCUT2D eigenvalue weighted by molar-refractivity contribution is 7.80. The van der Waals surface area contributed by atoms with E-state index in [1.807, 2.05) is 19.0 Å². The van der Waals surface area contributed by atoms with Crippen molar-refractivity contribution in [1.82, 2.24) is 19.0 Å². The van der Waals surface area contributed by atoms with Crippen LogP contribution in [0.25, 0.3) is 26.5 Å². The second-order valence-electron chi connectivity index (χ2n) is 9.74. The zero-order chi connectivity index (χ0) is 30.3. The summed E-state index contributed by atoms with van der Waals surface area (Å²) in [6.07, 6.45) is 0. The molecule has 10 nitrogen and oxygen atoms in total. The Morgan fingerprint density at radius 1 is 0.976 bits per heavy atom. The SMILES string of the molecule is CN(C)Cc1c(-c2ccc(N)cc2)sc2c1c(=O)n(-c1cccc(N(C)S(=O)O)n1)c(=O)n2Cc1c(F)cccc1F. The van der Waals surface area contributed by atoms with Crippen molar-refractivity contribution in [2.45, 2.75) is 13.1 Å². The van der Waals surface area contributed by atoms with Gasteiger partial charge in [0, 0.05) is 29.7 Å². The molecule has 3 N–H and O–H groups in total. The van der Waals surface area contributed by atoms with Crippen LogP contribution in [0.4, 0.5) is 20.3 Å². The molecule has 3 heterocycles. The van der Waals surface area contributed by atoms with Crippen molar-refractivity contribution in [3.63, 3.8) is 0 Å². The summed E-state index contributed by atoms with van der Waals surface area (Å²) in [5.74, 6) is -1.79. The third-order valence-electron chi connectivity index (χ3n) is 6.60. The largest absolute Gasteiger partial charge is 0.399 e. The Balaban J connectivity index is 1.90. The van der Waals surface area contributed by atoms with Gasteiger partial charge in [0.2, 0.25) is 0 Å². The summed E-state index contributed by atoms with van der Waals surface area (Å²) < 4.78 is 53.8. The number of pyridine rings is 1. The molecule has 1 unspecified atom stereocenters. The lowest BCUT2D eigenvalue weighted by atomic mass is 10.1. The zero-order valence-corrected chi connectivity index (χ0v) is 24.4. The number of benzene rings is 2. The Labute approximate surface area is 245 Å². The first-order valence-electron chi connectivity index (χ1n) is 12.5. The minimum atomic E-state index is -2.42. The van der Waals surface area contributed by atoms with Crippen molar-refractivity contribution in [2.75, 3.05) is 31.2 Å². The molecule has 2 aromatic carbocycles. The normalized spacial score (nSPS) is 12.3. The van der Waals surface area contributed by atoms with E-state index >= 15 is 0 Å². The highest BCUT2D eigenvalue weighted by Gasteiger charge is 2.26. The van der Waals surface area contributed by atoms with E-state index in [1.54, 1.807) is 24.3 Å². The summed E-state index contributed by atoms with van der Waals surface area (Å²) in [5.41, 5.74) is 5.88. The van der Waals surface area contributed by atoms with Crippen LogP contribution in [0.5, 0.6) is 0 Å². The summed E-state index contributed by atoms with van der Waals surface area (Å²) in [6, 6.07) is 14.8. The van der Waals surface area contributed by atoms with Gasteiger partial charge in [0.25, 0.3) is 16.8 Å². The third-order valence-corrected chi connectivity index (χ3v) is 8.56. The summed E-state index contributed by atoms with van der Waals surface area (Å²) in [5, 5.41) is 0.183. The van der Waals surface area contributed by atoms with Crippen molar-refractivity contribution in [3.8, 4) is 16.3 Å². The van der Waals surface area contributed by atoms with E-state index in [9.17, 15) is 27.1 Å². The van der Waals surface area contributed by atoms with Gasteiger partial charge in [-0.1, -0.05) is 24.3 Å². The van der Waals surface area contributed by atoms with Gasteiger partial charge in [-0.3, -0.25) is 18.2 Å². The molecule has 1 atom stereocenters. The molecule has 5 rings (SSSR count). The van der Waals surface area contributed by atoms with Gasteiger partial charge in [0.15, 0.2) is 0 Å². The number of fused-ring (bicyclic) bond motifs is 1. The Morgan fingerprint density at radius 3 is 2.24 bits per heavy atom. The molecule has 0 aliphatic heterocycles. The number of hydrogen-bond donors (Lipinski definition) is 2. The molecule has 0 amide bonds. The summed E-state index contributed by atoms with van der Waals surface area (Å²) in [4.78, 5) is 35.4. The number of aromatic nitrogens is 3. The summed E-state index contributed by atoms with van der Waals surface area (Å²) in [6.45, 7) is -0.196. The van der Waals surface area contributed by atoms with Crippen LogP contribution >= 0.6 is 11.3 Å². The van der Waals surface area contributed by atoms with E-state index in [1.165, 1.54) is 31.3 Å². The van der Waals surface area contributed by atoms with Gasteiger partial charge in [0.05, 0.1) is 11.9 Å². The van der Waals surface area contributed by atoms with E-state index < -0.39 is 40.7 Å². The lowest BCUT2D eigenvalue weighted by molar-refractivity contribution is 0.405. The van der Waals surface area contributed by atoms with Crippen LogP contribution in [0.1, 0.15) is 11.1 Å². The molecule has 0 radical (unpaired) electrons. The van der Waals surface area contributed by atoms with Crippen LogP contribution in [0.3, 0.4) is 0 Å². The lowest BCUT2D eigenvalue weighted by Gasteiger charge is -2.16. The molecule has 0 spiro atoms. The molecule has 218 valence electrons. The van der Waals surface area contributed by atoms with E-state index in [2.05, 4.69) is 4.98 Å². The number of rotatable bonds is 8. The van der Waals surface area contributed by atoms with E-state index in [-0.39, 0.29) is 27.4 Å². The molecular weight excluding hydrogens is 586 g/mol. The highest BCUT2D eigenvalue weighted by Crippen LogP contribution is 2.38. The van der Waals surface area contributed by atoms with E-state index in [0.717, 1.165) is 42.5 Å². The first kappa shape index (κ1) is 29.3. The maximum absolute atomic E-state index is 14.8. The first-order valence-corrected chi connectivity index (χ1v) is 14.4. The molecular formula is C28H26F2N6O4S2. The van der Waals surface area contributed by atoms with E-state index in [4.69, 9.17) is 5.73 Å². The minimum absolute atomic E-state index is 0.0211. The van der Waals surface area contributed by atoms with Gasteiger partial charge >= 0.3 is 5.69 Å². The quantitative estimate of drug-likeness (QED) is 0.202. The van der Waals surface area contributed by atoms with Gasteiger partial charge in [-0.25, -0.2) is 27.3 Å². The number of nitrogen functional groups attached to an aromatic ring is 1. The Kier molecular flexibility index (Phi) is 8.06. The first-order chi connectivity index (χ1) is 20.0. The predicted octanol–water partition coefficient (Wildman–Crippen LogP) is 3.82. The van der Waals surface area contributed by atoms with Gasteiger partial charge in [-0.15, -0.1) is 11.3 Å². The van der Waals surface area contributed by atoms with Crippen molar-refractivity contribution in [3.05, 3.63) is 104 Å². The molecule has 5 aromatic rings. The van der Waals surface area contributed by atoms with Crippen molar-refractivity contribution in [1.29, 1.82) is 0 Å². The smallest absolute Gasteiger partial charge is 0.338 e. The third kappa shape index (κ3) is 5.36. The Bertz CT molecular complexity index is 1930. The fourth-order valence-electron chi connectivity index (χ4n) is 4.58. The molecule has 0 saturated heterocycles. The molecule has 0 bridgehead atoms. The molecule has 0 aliphatic carbocycles. The molecule has 14 heteroatoms. The van der Waals surface area contributed by atoms with Crippen LogP contribution in [-0.2, 0) is 24.4 Å². The average Bonchev–Trinajstić information content (AvgIpc) is 3.31. The molecule has 0 saturated carbocycles. The van der Waals surface area contributed by atoms with Gasteiger partial charge in [0.1, 0.15) is 28.1 Å². The predicted molar refractivity (Wildman–Crippen MR) is 161 cm³/mol. The van der Waals surface area contributed by atoms with Crippen LogP contribution in [0.15, 0.2) is 70.3 Å². The number of hydrogen-bond acceptors (Lipinski definition) is 7. The van der Waals surface area contributed by atoms with Crippen LogP contribution in [0, 0.1) is 11.6 Å². The zero-order valence-electron chi connectivity index (χ0n) is 22.7. The number of halogens is 2. The highest BCUT2D eigenvalue weighted by atomic mass is 32.2. The average molecular weight is 613 g/mol. The van der Waals surface area contributed by atoms with Crippen LogP contribution in [0.2, 0.25) is 0 Å². The summed E-state index contributed by atoms with van der Waals surface area (Å²) in [7, 11) is 4.98. The molecule has 0 aliphatic rings. The second-order valence-corrected chi connectivity index (χ2v) is 11.7. The van der Waals surface area contributed by atoms with Crippen molar-refractivity contribution < 1.29 is 17.5 Å². The number of nitrogens with zero attached hydrogens (tertiary/aromatic N) is 5. The Morgan fingerprint density at radius 2 is 1.62 bits per heavy atom. The topological polar surface area (TPSA) is 127 Å².